The van der Waals surface area contributed by atoms with Gasteiger partial charge in [0.2, 0.25) is 0 Å². The van der Waals surface area contributed by atoms with Gasteiger partial charge in [-0.3, -0.25) is 9.97 Å². The van der Waals surface area contributed by atoms with Crippen LogP contribution < -0.4 is 0 Å². The van der Waals surface area contributed by atoms with E-state index in [2.05, 4.69) is 76.7 Å². The normalized spacial score (nSPS) is 11.2. The standard InChI is InChI=1S/C34H22N4/c1-2-10-24-19-25(16-15-23(24)9-1)34-37-32-14-4-3-11-29(32)33(38-34)28-21-26(30-12-5-7-17-35-30)20-27(22-28)31-13-6-8-18-36-31/h1-22H. The monoisotopic (exact) mass is 486 g/mol. The largest absolute Gasteiger partial charge is 0.256 e. The quantitative estimate of drug-likeness (QED) is 0.251. The predicted molar refractivity (Wildman–Crippen MR) is 154 cm³/mol. The van der Waals surface area contributed by atoms with E-state index in [0.29, 0.717) is 5.82 Å². The second-order valence-electron chi connectivity index (χ2n) is 9.20. The van der Waals surface area contributed by atoms with Gasteiger partial charge in [-0.1, -0.05) is 66.7 Å². The minimum atomic E-state index is 0.701. The summed E-state index contributed by atoms with van der Waals surface area (Å²) in [6.07, 6.45) is 3.64. The van der Waals surface area contributed by atoms with E-state index in [-0.39, 0.29) is 0 Å². The Morgan fingerprint density at radius 2 is 1.05 bits per heavy atom. The van der Waals surface area contributed by atoms with E-state index >= 15 is 0 Å². The molecular formula is C34H22N4. The molecule has 4 heteroatoms. The van der Waals surface area contributed by atoms with Crippen molar-refractivity contribution in [3.63, 3.8) is 0 Å². The van der Waals surface area contributed by atoms with E-state index in [9.17, 15) is 0 Å². The molecule has 0 unspecified atom stereocenters. The summed E-state index contributed by atoms with van der Waals surface area (Å²) in [4.78, 5) is 19.4. The van der Waals surface area contributed by atoms with Crippen LogP contribution in [-0.2, 0) is 0 Å². The van der Waals surface area contributed by atoms with Crippen molar-refractivity contribution in [2.24, 2.45) is 0 Å². The Morgan fingerprint density at radius 1 is 0.421 bits per heavy atom. The fraction of sp³-hybridized carbons (Fsp3) is 0. The second-order valence-corrected chi connectivity index (χ2v) is 9.20. The first-order valence-electron chi connectivity index (χ1n) is 12.6. The molecule has 7 aromatic rings. The lowest BCUT2D eigenvalue weighted by molar-refractivity contribution is 1.23. The zero-order chi connectivity index (χ0) is 25.3. The number of fused-ring (bicyclic) bond motifs is 2. The maximum Gasteiger partial charge on any atom is 0.160 e. The minimum absolute atomic E-state index is 0.701. The van der Waals surface area contributed by atoms with E-state index in [1.54, 1.807) is 0 Å². The Hall–Kier alpha value is -5.22. The molecule has 4 aromatic carbocycles. The molecule has 0 atom stereocenters. The van der Waals surface area contributed by atoms with E-state index in [4.69, 9.17) is 9.97 Å². The number of nitrogens with zero attached hydrogens (tertiary/aromatic N) is 4. The Kier molecular flexibility index (Phi) is 5.41. The molecule has 0 fully saturated rings. The first-order chi connectivity index (χ1) is 18.8. The Labute approximate surface area is 220 Å². The van der Waals surface area contributed by atoms with E-state index < -0.39 is 0 Å². The number of pyridine rings is 2. The highest BCUT2D eigenvalue weighted by atomic mass is 14.9. The topological polar surface area (TPSA) is 51.6 Å². The van der Waals surface area contributed by atoms with E-state index in [1.807, 2.05) is 67.0 Å². The Balaban J connectivity index is 1.48. The first kappa shape index (κ1) is 22.0. The van der Waals surface area contributed by atoms with Crippen molar-refractivity contribution in [3.05, 3.63) is 134 Å². The smallest absolute Gasteiger partial charge is 0.160 e. The summed E-state index contributed by atoms with van der Waals surface area (Å²) in [6.45, 7) is 0. The van der Waals surface area contributed by atoms with Gasteiger partial charge in [0.05, 0.1) is 22.6 Å². The van der Waals surface area contributed by atoms with Crippen LogP contribution in [0.15, 0.2) is 134 Å². The molecule has 3 aromatic heterocycles. The van der Waals surface area contributed by atoms with Crippen molar-refractivity contribution in [2.75, 3.05) is 0 Å². The molecule has 0 saturated heterocycles. The van der Waals surface area contributed by atoms with Crippen molar-refractivity contribution in [1.82, 2.24) is 19.9 Å². The van der Waals surface area contributed by atoms with Gasteiger partial charge in [-0.15, -0.1) is 0 Å². The van der Waals surface area contributed by atoms with Crippen molar-refractivity contribution < 1.29 is 0 Å². The average molecular weight is 487 g/mol. The lowest BCUT2D eigenvalue weighted by Crippen LogP contribution is -1.96. The van der Waals surface area contributed by atoms with Crippen molar-refractivity contribution >= 4 is 21.7 Å². The van der Waals surface area contributed by atoms with Crippen LogP contribution in [0.1, 0.15) is 0 Å². The lowest BCUT2D eigenvalue weighted by Gasteiger charge is -2.13. The molecule has 0 saturated carbocycles. The van der Waals surface area contributed by atoms with Crippen LogP contribution in [0.3, 0.4) is 0 Å². The highest BCUT2D eigenvalue weighted by Crippen LogP contribution is 2.35. The third-order valence-corrected chi connectivity index (χ3v) is 6.74. The molecule has 178 valence electrons. The van der Waals surface area contributed by atoms with Gasteiger partial charge in [0, 0.05) is 40.0 Å². The number of para-hydroxylation sites is 1. The molecule has 0 aliphatic carbocycles. The summed E-state index contributed by atoms with van der Waals surface area (Å²) in [6, 6.07) is 41.3. The molecule has 7 rings (SSSR count). The van der Waals surface area contributed by atoms with Gasteiger partial charge in [0.15, 0.2) is 5.82 Å². The Morgan fingerprint density at radius 3 is 1.76 bits per heavy atom. The third kappa shape index (κ3) is 4.08. The first-order valence-corrected chi connectivity index (χ1v) is 12.6. The van der Waals surface area contributed by atoms with Gasteiger partial charge >= 0.3 is 0 Å². The van der Waals surface area contributed by atoms with Crippen LogP contribution in [0.4, 0.5) is 0 Å². The maximum atomic E-state index is 5.17. The summed E-state index contributed by atoms with van der Waals surface area (Å²) in [7, 11) is 0. The molecule has 0 aliphatic heterocycles. The zero-order valence-electron chi connectivity index (χ0n) is 20.5. The maximum absolute atomic E-state index is 5.17. The summed E-state index contributed by atoms with van der Waals surface area (Å²) < 4.78 is 0. The van der Waals surface area contributed by atoms with E-state index in [1.165, 1.54) is 5.39 Å². The SMILES string of the molecule is c1ccc(-c2cc(-c3ccccn3)cc(-c3nc(-c4ccc5ccccc5c4)nc4ccccc34)c2)nc1. The third-order valence-electron chi connectivity index (χ3n) is 6.74. The van der Waals surface area contributed by atoms with Crippen molar-refractivity contribution in [1.29, 1.82) is 0 Å². The summed E-state index contributed by atoms with van der Waals surface area (Å²) >= 11 is 0. The highest BCUT2D eigenvalue weighted by Gasteiger charge is 2.15. The molecule has 0 bridgehead atoms. The molecule has 3 heterocycles. The van der Waals surface area contributed by atoms with Gasteiger partial charge in [0.25, 0.3) is 0 Å². The second kappa shape index (κ2) is 9.34. The lowest BCUT2D eigenvalue weighted by atomic mass is 9.97. The molecular weight excluding hydrogens is 464 g/mol. The van der Waals surface area contributed by atoms with Gasteiger partial charge in [-0.2, -0.15) is 0 Å². The molecule has 0 amide bonds. The van der Waals surface area contributed by atoms with Crippen LogP contribution >= 0.6 is 0 Å². The number of hydrogen-bond donors (Lipinski definition) is 0. The number of benzene rings is 4. The van der Waals surface area contributed by atoms with Gasteiger partial charge in [0.1, 0.15) is 0 Å². The van der Waals surface area contributed by atoms with Crippen LogP contribution in [0, 0.1) is 0 Å². The number of rotatable bonds is 4. The molecule has 4 nitrogen and oxygen atoms in total. The fourth-order valence-electron chi connectivity index (χ4n) is 4.88. The van der Waals surface area contributed by atoms with Crippen LogP contribution in [0.25, 0.3) is 66.8 Å². The molecule has 0 radical (unpaired) electrons. The number of aromatic nitrogens is 4. The van der Waals surface area contributed by atoms with Crippen LogP contribution in [0.5, 0.6) is 0 Å². The minimum Gasteiger partial charge on any atom is -0.256 e. The molecule has 38 heavy (non-hydrogen) atoms. The number of hydrogen-bond acceptors (Lipinski definition) is 4. The van der Waals surface area contributed by atoms with Gasteiger partial charge in [-0.05, 0) is 65.4 Å². The van der Waals surface area contributed by atoms with Crippen LogP contribution in [-0.4, -0.2) is 19.9 Å². The predicted octanol–water partition coefficient (Wildman–Crippen LogP) is 8.24. The van der Waals surface area contributed by atoms with Gasteiger partial charge < -0.3 is 0 Å². The summed E-state index contributed by atoms with van der Waals surface area (Å²) in [5.41, 5.74) is 7.60. The van der Waals surface area contributed by atoms with E-state index in [0.717, 1.165) is 55.6 Å². The summed E-state index contributed by atoms with van der Waals surface area (Å²) in [5, 5.41) is 3.36. The molecule has 0 N–H and O–H groups in total. The molecule has 0 aliphatic rings. The van der Waals surface area contributed by atoms with Gasteiger partial charge in [-0.25, -0.2) is 9.97 Å². The van der Waals surface area contributed by atoms with Crippen molar-refractivity contribution in [2.45, 2.75) is 0 Å². The Bertz CT molecular complexity index is 1860. The zero-order valence-corrected chi connectivity index (χ0v) is 20.5. The van der Waals surface area contributed by atoms with Crippen LogP contribution in [0.2, 0.25) is 0 Å². The summed E-state index contributed by atoms with van der Waals surface area (Å²) in [5.74, 6) is 0.701. The average Bonchev–Trinajstić information content (AvgIpc) is 3.01. The van der Waals surface area contributed by atoms with Crippen molar-refractivity contribution in [3.8, 4) is 45.2 Å². The fourth-order valence-corrected chi connectivity index (χ4v) is 4.88. The highest BCUT2D eigenvalue weighted by molar-refractivity contribution is 5.96. The molecule has 0 spiro atoms.